The van der Waals surface area contributed by atoms with Crippen LogP contribution in [0.3, 0.4) is 0 Å². The molecule has 0 saturated carbocycles. The summed E-state index contributed by atoms with van der Waals surface area (Å²) < 4.78 is 0. The zero-order valence-corrected chi connectivity index (χ0v) is 11.2. The summed E-state index contributed by atoms with van der Waals surface area (Å²) in [5.74, 6) is -0.584. The molecule has 0 spiro atoms. The summed E-state index contributed by atoms with van der Waals surface area (Å²) in [5, 5.41) is 11.7. The van der Waals surface area contributed by atoms with E-state index in [0.717, 1.165) is 12.5 Å². The van der Waals surface area contributed by atoms with Crippen LogP contribution in [-0.4, -0.2) is 22.0 Å². The van der Waals surface area contributed by atoms with Gasteiger partial charge in [-0.3, -0.25) is 4.79 Å². The number of rotatable bonds is 6. The van der Waals surface area contributed by atoms with Crippen molar-refractivity contribution in [2.75, 3.05) is 5.32 Å². The highest BCUT2D eigenvalue weighted by molar-refractivity contribution is 7.16. The Hall–Kier alpha value is -1.69. The molecule has 1 rings (SSSR count). The molecule has 5 nitrogen and oxygen atoms in total. The molecule has 0 fully saturated rings. The Morgan fingerprint density at radius 3 is 2.89 bits per heavy atom. The molecule has 0 aromatic carbocycles. The number of aliphatic carboxylic acids is 1. The van der Waals surface area contributed by atoms with Crippen molar-refractivity contribution in [2.24, 2.45) is 5.92 Å². The van der Waals surface area contributed by atoms with Gasteiger partial charge in [-0.25, -0.2) is 9.78 Å². The molecule has 0 saturated heterocycles. The van der Waals surface area contributed by atoms with E-state index in [0.29, 0.717) is 22.3 Å². The van der Waals surface area contributed by atoms with Gasteiger partial charge in [0, 0.05) is 23.6 Å². The Morgan fingerprint density at radius 2 is 2.28 bits per heavy atom. The number of nitrogens with one attached hydrogen (secondary N) is 1. The second kappa shape index (κ2) is 6.90. The van der Waals surface area contributed by atoms with Crippen LogP contribution in [0.4, 0.5) is 5.13 Å². The number of carboxylic acids is 1. The van der Waals surface area contributed by atoms with Crippen molar-refractivity contribution in [1.82, 2.24) is 4.98 Å². The van der Waals surface area contributed by atoms with Crippen molar-refractivity contribution in [2.45, 2.75) is 26.7 Å². The summed E-state index contributed by atoms with van der Waals surface area (Å²) >= 11 is 1.24. The van der Waals surface area contributed by atoms with Gasteiger partial charge in [-0.15, -0.1) is 0 Å². The van der Waals surface area contributed by atoms with E-state index in [2.05, 4.69) is 24.1 Å². The van der Waals surface area contributed by atoms with Gasteiger partial charge in [0.2, 0.25) is 5.91 Å². The number of aromatic nitrogens is 1. The van der Waals surface area contributed by atoms with Crippen LogP contribution in [-0.2, 0) is 9.59 Å². The van der Waals surface area contributed by atoms with Crippen LogP contribution in [0.2, 0.25) is 0 Å². The molecular formula is C12H16N2O3S. The third-order valence-corrected chi connectivity index (χ3v) is 2.99. The minimum absolute atomic E-state index is 0.0631. The lowest BCUT2D eigenvalue weighted by Crippen LogP contribution is -2.11. The number of hydrogen-bond donors (Lipinski definition) is 2. The lowest BCUT2D eigenvalue weighted by atomic mass is 10.1. The molecule has 18 heavy (non-hydrogen) atoms. The number of nitrogens with zero attached hydrogens (tertiary/aromatic N) is 1. The molecule has 98 valence electrons. The highest BCUT2D eigenvalue weighted by Crippen LogP contribution is 2.19. The molecule has 0 aliphatic carbocycles. The molecule has 0 aliphatic heterocycles. The van der Waals surface area contributed by atoms with E-state index in [1.807, 2.05) is 0 Å². The summed E-state index contributed by atoms with van der Waals surface area (Å²) in [6.45, 7) is 4.12. The fraction of sp³-hybridized carbons (Fsp3) is 0.417. The molecule has 1 aromatic heterocycles. The van der Waals surface area contributed by atoms with Gasteiger partial charge in [0.05, 0.1) is 0 Å². The molecule has 0 atom stereocenters. The molecule has 1 heterocycles. The van der Waals surface area contributed by atoms with Crippen LogP contribution in [0.25, 0.3) is 6.08 Å². The first-order valence-corrected chi connectivity index (χ1v) is 6.45. The molecule has 6 heteroatoms. The van der Waals surface area contributed by atoms with Crippen molar-refractivity contribution in [3.8, 4) is 0 Å². The highest BCUT2D eigenvalue weighted by atomic mass is 32.1. The van der Waals surface area contributed by atoms with Crippen LogP contribution in [0.15, 0.2) is 12.3 Å². The maximum atomic E-state index is 11.5. The summed E-state index contributed by atoms with van der Waals surface area (Å²) in [5.41, 5.74) is 0. The van der Waals surface area contributed by atoms with Crippen molar-refractivity contribution in [1.29, 1.82) is 0 Å². The first-order chi connectivity index (χ1) is 8.47. The lowest BCUT2D eigenvalue weighted by Gasteiger charge is -2.03. The Morgan fingerprint density at radius 1 is 1.56 bits per heavy atom. The Labute approximate surface area is 110 Å². The van der Waals surface area contributed by atoms with E-state index < -0.39 is 5.97 Å². The first kappa shape index (κ1) is 14.4. The zero-order valence-electron chi connectivity index (χ0n) is 10.3. The highest BCUT2D eigenvalue weighted by Gasteiger charge is 2.06. The van der Waals surface area contributed by atoms with E-state index in [9.17, 15) is 9.59 Å². The maximum Gasteiger partial charge on any atom is 0.328 e. The number of carbonyl (C=O) groups is 2. The van der Waals surface area contributed by atoms with E-state index in [-0.39, 0.29) is 5.91 Å². The smallest absolute Gasteiger partial charge is 0.328 e. The standard InChI is InChI=1S/C12H16N2O3S/c1-8(2)3-5-10(15)14-12-13-7-9(18-12)4-6-11(16)17/h4,6-8H,3,5H2,1-2H3,(H,16,17)(H,13,14,15). The second-order valence-corrected chi connectivity index (χ2v) is 5.28. The summed E-state index contributed by atoms with van der Waals surface area (Å²) in [7, 11) is 0. The average molecular weight is 268 g/mol. The number of thiazole rings is 1. The monoisotopic (exact) mass is 268 g/mol. The largest absolute Gasteiger partial charge is 0.478 e. The second-order valence-electron chi connectivity index (χ2n) is 4.22. The summed E-state index contributed by atoms with van der Waals surface area (Å²) in [6, 6.07) is 0. The molecule has 1 aromatic rings. The van der Waals surface area contributed by atoms with Gasteiger partial charge in [-0.05, 0) is 18.4 Å². The SMILES string of the molecule is CC(C)CCC(=O)Nc1ncc(C=CC(=O)O)s1. The Kier molecular flexibility index (Phi) is 5.51. The Balaban J connectivity index is 2.48. The van der Waals surface area contributed by atoms with Gasteiger partial charge in [-0.1, -0.05) is 25.2 Å². The van der Waals surface area contributed by atoms with Gasteiger partial charge in [0.25, 0.3) is 0 Å². The topological polar surface area (TPSA) is 79.3 Å². The van der Waals surface area contributed by atoms with Gasteiger partial charge >= 0.3 is 5.97 Å². The predicted octanol–water partition coefficient (Wildman–Crippen LogP) is 2.62. The number of anilines is 1. The fourth-order valence-corrected chi connectivity index (χ4v) is 1.91. The number of amides is 1. The van der Waals surface area contributed by atoms with Gasteiger partial charge in [0.1, 0.15) is 0 Å². The number of carboxylic acid groups (broad SMARTS) is 1. The summed E-state index contributed by atoms with van der Waals surface area (Å²) in [4.78, 5) is 26.6. The van der Waals surface area contributed by atoms with E-state index >= 15 is 0 Å². The average Bonchev–Trinajstić information content (AvgIpc) is 2.71. The van der Waals surface area contributed by atoms with Crippen molar-refractivity contribution < 1.29 is 14.7 Å². The van der Waals surface area contributed by atoms with Gasteiger partial charge in [0.15, 0.2) is 5.13 Å². The van der Waals surface area contributed by atoms with Crippen molar-refractivity contribution in [3.05, 3.63) is 17.2 Å². The van der Waals surface area contributed by atoms with Crippen LogP contribution in [0.1, 0.15) is 31.6 Å². The minimum Gasteiger partial charge on any atom is -0.478 e. The molecule has 0 bridgehead atoms. The molecule has 0 radical (unpaired) electrons. The molecule has 1 amide bonds. The zero-order chi connectivity index (χ0) is 13.5. The van der Waals surface area contributed by atoms with Crippen LogP contribution in [0.5, 0.6) is 0 Å². The third kappa shape index (κ3) is 5.58. The maximum absolute atomic E-state index is 11.5. The Bertz CT molecular complexity index is 452. The van der Waals surface area contributed by atoms with Crippen molar-refractivity contribution >= 4 is 34.4 Å². The van der Waals surface area contributed by atoms with E-state index in [1.165, 1.54) is 23.6 Å². The number of carbonyl (C=O) groups excluding carboxylic acids is 1. The van der Waals surface area contributed by atoms with E-state index in [1.54, 1.807) is 0 Å². The molecule has 0 unspecified atom stereocenters. The number of hydrogen-bond acceptors (Lipinski definition) is 4. The lowest BCUT2D eigenvalue weighted by molar-refractivity contribution is -0.131. The molecule has 2 N–H and O–H groups in total. The third-order valence-electron chi connectivity index (χ3n) is 2.11. The van der Waals surface area contributed by atoms with Gasteiger partial charge < -0.3 is 10.4 Å². The first-order valence-electron chi connectivity index (χ1n) is 5.64. The van der Waals surface area contributed by atoms with Crippen LogP contribution >= 0.6 is 11.3 Å². The fourth-order valence-electron chi connectivity index (χ4n) is 1.18. The normalized spacial score (nSPS) is 11.1. The van der Waals surface area contributed by atoms with Crippen molar-refractivity contribution in [3.63, 3.8) is 0 Å². The predicted molar refractivity (Wildman–Crippen MR) is 71.5 cm³/mol. The van der Waals surface area contributed by atoms with E-state index in [4.69, 9.17) is 5.11 Å². The molecular weight excluding hydrogens is 252 g/mol. The summed E-state index contributed by atoms with van der Waals surface area (Å²) in [6.07, 6.45) is 5.32. The minimum atomic E-state index is -1.01. The quantitative estimate of drug-likeness (QED) is 0.777. The van der Waals surface area contributed by atoms with Crippen LogP contribution in [0, 0.1) is 5.92 Å². The molecule has 0 aliphatic rings. The van der Waals surface area contributed by atoms with Gasteiger partial charge in [-0.2, -0.15) is 0 Å². The van der Waals surface area contributed by atoms with Crippen LogP contribution < -0.4 is 5.32 Å².